The van der Waals surface area contributed by atoms with E-state index in [0.717, 1.165) is 12.1 Å². The SMILES string of the molecule is CCc1ccc(NC(=O)c2cnoc2C)cc1. The molecule has 17 heavy (non-hydrogen) atoms. The summed E-state index contributed by atoms with van der Waals surface area (Å²) in [7, 11) is 0. The monoisotopic (exact) mass is 230 g/mol. The second kappa shape index (κ2) is 4.82. The third-order valence-corrected chi connectivity index (χ3v) is 2.62. The summed E-state index contributed by atoms with van der Waals surface area (Å²) in [6, 6.07) is 7.77. The fraction of sp³-hybridized carbons (Fsp3) is 0.231. The molecule has 0 aliphatic carbocycles. The number of benzene rings is 1. The van der Waals surface area contributed by atoms with Crippen LogP contribution < -0.4 is 5.32 Å². The molecule has 0 aliphatic heterocycles. The van der Waals surface area contributed by atoms with Gasteiger partial charge in [-0.15, -0.1) is 0 Å². The molecule has 4 heteroatoms. The van der Waals surface area contributed by atoms with E-state index in [4.69, 9.17) is 4.52 Å². The third-order valence-electron chi connectivity index (χ3n) is 2.62. The van der Waals surface area contributed by atoms with Crippen LogP contribution in [0.2, 0.25) is 0 Å². The highest BCUT2D eigenvalue weighted by molar-refractivity contribution is 6.04. The van der Waals surface area contributed by atoms with Crippen molar-refractivity contribution < 1.29 is 9.32 Å². The van der Waals surface area contributed by atoms with Crippen LogP contribution in [0, 0.1) is 6.92 Å². The molecule has 1 aromatic heterocycles. The molecule has 0 fully saturated rings. The number of carbonyl (C=O) groups is 1. The van der Waals surface area contributed by atoms with Crippen LogP contribution in [0.15, 0.2) is 35.0 Å². The maximum atomic E-state index is 11.8. The number of anilines is 1. The first-order valence-electron chi connectivity index (χ1n) is 5.52. The molecule has 0 radical (unpaired) electrons. The maximum Gasteiger partial charge on any atom is 0.260 e. The van der Waals surface area contributed by atoms with E-state index in [1.54, 1.807) is 6.92 Å². The number of rotatable bonds is 3. The highest BCUT2D eigenvalue weighted by atomic mass is 16.5. The molecule has 1 amide bonds. The lowest BCUT2D eigenvalue weighted by Gasteiger charge is -2.04. The molecular weight excluding hydrogens is 216 g/mol. The van der Waals surface area contributed by atoms with Crippen molar-refractivity contribution in [1.82, 2.24) is 5.16 Å². The van der Waals surface area contributed by atoms with Crippen molar-refractivity contribution in [3.63, 3.8) is 0 Å². The Labute approximate surface area is 99.6 Å². The number of carbonyl (C=O) groups excluding carboxylic acids is 1. The Kier molecular flexibility index (Phi) is 3.23. The summed E-state index contributed by atoms with van der Waals surface area (Å²) in [6.07, 6.45) is 2.41. The average Bonchev–Trinajstić information content (AvgIpc) is 2.76. The zero-order valence-corrected chi connectivity index (χ0v) is 9.86. The first kappa shape index (κ1) is 11.4. The Morgan fingerprint density at radius 1 is 1.35 bits per heavy atom. The van der Waals surface area contributed by atoms with Gasteiger partial charge in [0.05, 0.1) is 6.20 Å². The molecule has 0 bridgehead atoms. The number of aryl methyl sites for hydroxylation is 2. The largest absolute Gasteiger partial charge is 0.361 e. The van der Waals surface area contributed by atoms with Crippen LogP contribution >= 0.6 is 0 Å². The standard InChI is InChI=1S/C13H14N2O2/c1-3-10-4-6-11(7-5-10)15-13(16)12-8-14-17-9(12)2/h4-8H,3H2,1-2H3,(H,15,16). The Morgan fingerprint density at radius 2 is 2.06 bits per heavy atom. The van der Waals surface area contributed by atoms with Crippen molar-refractivity contribution in [3.05, 3.63) is 47.3 Å². The van der Waals surface area contributed by atoms with Gasteiger partial charge in [0, 0.05) is 5.69 Å². The van der Waals surface area contributed by atoms with Crippen molar-refractivity contribution in [2.75, 3.05) is 5.32 Å². The van der Waals surface area contributed by atoms with Crippen LogP contribution in [-0.4, -0.2) is 11.1 Å². The lowest BCUT2D eigenvalue weighted by Crippen LogP contribution is -2.12. The van der Waals surface area contributed by atoms with Crippen LogP contribution in [0.4, 0.5) is 5.69 Å². The zero-order chi connectivity index (χ0) is 12.3. The van der Waals surface area contributed by atoms with Gasteiger partial charge in [0.2, 0.25) is 0 Å². The van der Waals surface area contributed by atoms with Crippen LogP contribution in [-0.2, 0) is 6.42 Å². The number of aromatic nitrogens is 1. The first-order valence-corrected chi connectivity index (χ1v) is 5.52. The summed E-state index contributed by atoms with van der Waals surface area (Å²) >= 11 is 0. The van der Waals surface area contributed by atoms with Gasteiger partial charge in [-0.05, 0) is 31.0 Å². The van der Waals surface area contributed by atoms with Crippen LogP contribution in [0.3, 0.4) is 0 Å². The lowest BCUT2D eigenvalue weighted by atomic mass is 10.1. The molecule has 1 N–H and O–H groups in total. The van der Waals surface area contributed by atoms with E-state index in [1.807, 2.05) is 24.3 Å². The van der Waals surface area contributed by atoms with E-state index in [0.29, 0.717) is 11.3 Å². The van der Waals surface area contributed by atoms with Gasteiger partial charge < -0.3 is 9.84 Å². The number of amides is 1. The highest BCUT2D eigenvalue weighted by Gasteiger charge is 2.12. The molecule has 2 aromatic rings. The van der Waals surface area contributed by atoms with Gasteiger partial charge >= 0.3 is 0 Å². The van der Waals surface area contributed by atoms with E-state index in [9.17, 15) is 4.79 Å². The number of nitrogens with zero attached hydrogens (tertiary/aromatic N) is 1. The minimum absolute atomic E-state index is 0.201. The van der Waals surface area contributed by atoms with Gasteiger partial charge in [-0.1, -0.05) is 24.2 Å². The summed E-state index contributed by atoms with van der Waals surface area (Å²) in [5.74, 6) is 0.320. The maximum absolute atomic E-state index is 11.8. The fourth-order valence-corrected chi connectivity index (χ4v) is 1.54. The van der Waals surface area contributed by atoms with E-state index in [-0.39, 0.29) is 5.91 Å². The van der Waals surface area contributed by atoms with Crippen LogP contribution in [0.5, 0.6) is 0 Å². The topological polar surface area (TPSA) is 55.1 Å². The van der Waals surface area contributed by atoms with Gasteiger partial charge in [-0.2, -0.15) is 0 Å². The van der Waals surface area contributed by atoms with E-state index in [2.05, 4.69) is 17.4 Å². The van der Waals surface area contributed by atoms with Gasteiger partial charge in [-0.25, -0.2) is 0 Å². The minimum atomic E-state index is -0.201. The van der Waals surface area contributed by atoms with Crippen molar-refractivity contribution in [2.24, 2.45) is 0 Å². The predicted octanol–water partition coefficient (Wildman–Crippen LogP) is 2.80. The Hall–Kier alpha value is -2.10. The normalized spacial score (nSPS) is 10.2. The zero-order valence-electron chi connectivity index (χ0n) is 9.86. The summed E-state index contributed by atoms with van der Waals surface area (Å²) in [5, 5.41) is 6.37. The van der Waals surface area contributed by atoms with Crippen molar-refractivity contribution in [1.29, 1.82) is 0 Å². The summed E-state index contributed by atoms with van der Waals surface area (Å²) in [6.45, 7) is 3.80. The van der Waals surface area contributed by atoms with Gasteiger partial charge in [-0.3, -0.25) is 4.79 Å². The van der Waals surface area contributed by atoms with E-state index in [1.165, 1.54) is 11.8 Å². The molecule has 4 nitrogen and oxygen atoms in total. The third kappa shape index (κ3) is 2.53. The highest BCUT2D eigenvalue weighted by Crippen LogP contribution is 2.13. The average molecular weight is 230 g/mol. The molecular formula is C13H14N2O2. The number of hydrogen-bond donors (Lipinski definition) is 1. The molecule has 0 aliphatic rings. The Balaban J connectivity index is 2.10. The molecule has 0 atom stereocenters. The summed E-state index contributed by atoms with van der Waals surface area (Å²) < 4.78 is 4.85. The van der Waals surface area contributed by atoms with Crippen molar-refractivity contribution in [3.8, 4) is 0 Å². The molecule has 1 heterocycles. The van der Waals surface area contributed by atoms with Crippen molar-refractivity contribution in [2.45, 2.75) is 20.3 Å². The molecule has 0 saturated heterocycles. The fourth-order valence-electron chi connectivity index (χ4n) is 1.54. The molecule has 0 spiro atoms. The van der Waals surface area contributed by atoms with Gasteiger partial charge in [0.25, 0.3) is 5.91 Å². The van der Waals surface area contributed by atoms with Crippen molar-refractivity contribution >= 4 is 11.6 Å². The predicted molar refractivity (Wildman–Crippen MR) is 65.0 cm³/mol. The smallest absolute Gasteiger partial charge is 0.260 e. The minimum Gasteiger partial charge on any atom is -0.361 e. The molecule has 0 unspecified atom stereocenters. The Morgan fingerprint density at radius 3 is 2.59 bits per heavy atom. The van der Waals surface area contributed by atoms with E-state index < -0.39 is 0 Å². The van der Waals surface area contributed by atoms with E-state index >= 15 is 0 Å². The molecule has 0 saturated carbocycles. The van der Waals surface area contributed by atoms with Crippen LogP contribution in [0.1, 0.15) is 28.6 Å². The molecule has 1 aromatic carbocycles. The number of hydrogen-bond acceptors (Lipinski definition) is 3. The number of nitrogens with one attached hydrogen (secondary N) is 1. The molecule has 2 rings (SSSR count). The second-order valence-corrected chi connectivity index (χ2v) is 3.80. The van der Waals surface area contributed by atoms with Gasteiger partial charge in [0.15, 0.2) is 0 Å². The first-order chi connectivity index (χ1) is 8.20. The molecule has 88 valence electrons. The van der Waals surface area contributed by atoms with Gasteiger partial charge in [0.1, 0.15) is 11.3 Å². The second-order valence-electron chi connectivity index (χ2n) is 3.80. The lowest BCUT2D eigenvalue weighted by molar-refractivity contribution is 0.102. The van der Waals surface area contributed by atoms with Crippen LogP contribution in [0.25, 0.3) is 0 Å². The summed E-state index contributed by atoms with van der Waals surface area (Å²) in [4.78, 5) is 11.8. The Bertz CT molecular complexity index is 514. The quantitative estimate of drug-likeness (QED) is 0.882. The summed E-state index contributed by atoms with van der Waals surface area (Å²) in [5.41, 5.74) is 2.47.